The van der Waals surface area contributed by atoms with E-state index >= 15 is 0 Å². The van der Waals surface area contributed by atoms with E-state index in [0.29, 0.717) is 25.2 Å². The number of nitrogens with one attached hydrogen (secondary N) is 1. The summed E-state index contributed by atoms with van der Waals surface area (Å²) in [5.41, 5.74) is 1.42. The Balaban J connectivity index is 1.73. The van der Waals surface area contributed by atoms with Crippen molar-refractivity contribution < 1.29 is 17.7 Å². The van der Waals surface area contributed by atoms with Crippen molar-refractivity contribution in [2.75, 3.05) is 12.8 Å². The van der Waals surface area contributed by atoms with E-state index in [2.05, 4.69) is 9.88 Å². The maximum atomic E-state index is 12.1. The molecule has 1 aliphatic carbocycles. The summed E-state index contributed by atoms with van der Waals surface area (Å²) in [6, 6.07) is 0. The summed E-state index contributed by atoms with van der Waals surface area (Å²) in [6.07, 6.45) is 3.70. The Morgan fingerprint density at radius 2 is 2.25 bits per heavy atom. The maximum Gasteiger partial charge on any atom is 0.225 e. The Morgan fingerprint density at radius 1 is 1.50 bits per heavy atom. The van der Waals surface area contributed by atoms with Crippen molar-refractivity contribution >= 4 is 15.9 Å². The van der Waals surface area contributed by atoms with Gasteiger partial charge in [0.2, 0.25) is 15.9 Å². The molecule has 8 heteroatoms. The zero-order valence-corrected chi connectivity index (χ0v) is 12.1. The Kier molecular flexibility index (Phi) is 3.29. The van der Waals surface area contributed by atoms with Gasteiger partial charge in [0.1, 0.15) is 11.5 Å². The van der Waals surface area contributed by atoms with Crippen molar-refractivity contribution in [3.63, 3.8) is 0 Å². The van der Waals surface area contributed by atoms with Crippen molar-refractivity contribution in [2.24, 2.45) is 5.92 Å². The number of fused-ring (bicyclic) bond motifs is 1. The molecule has 1 aromatic heterocycles. The molecule has 1 fully saturated rings. The standard InChI is InChI=1S/C12H17N3O4S/c1-20(17,18)13-6-10-9-7-15(12(16)8-2-3-8)5-4-11(9)19-14-10/h8,13H,2-7H2,1H3. The van der Waals surface area contributed by atoms with Crippen LogP contribution in [0.5, 0.6) is 0 Å². The quantitative estimate of drug-likeness (QED) is 0.846. The van der Waals surface area contributed by atoms with Gasteiger partial charge in [0.25, 0.3) is 0 Å². The van der Waals surface area contributed by atoms with E-state index in [4.69, 9.17) is 4.52 Å². The van der Waals surface area contributed by atoms with Crippen molar-refractivity contribution in [3.05, 3.63) is 17.0 Å². The number of nitrogens with zero attached hydrogens (tertiary/aromatic N) is 2. The first kappa shape index (κ1) is 13.6. The highest BCUT2D eigenvalue weighted by atomic mass is 32.2. The van der Waals surface area contributed by atoms with E-state index in [-0.39, 0.29) is 18.4 Å². The molecule has 1 aromatic rings. The monoisotopic (exact) mass is 299 g/mol. The fourth-order valence-corrected chi connectivity index (χ4v) is 2.78. The molecule has 0 spiro atoms. The Bertz CT molecular complexity index is 633. The number of carbonyl (C=O) groups excluding carboxylic acids is 1. The first-order valence-electron chi connectivity index (χ1n) is 6.64. The molecule has 110 valence electrons. The van der Waals surface area contributed by atoms with Gasteiger partial charge in [-0.05, 0) is 12.8 Å². The minimum absolute atomic E-state index is 0.100. The van der Waals surface area contributed by atoms with Gasteiger partial charge in [-0.15, -0.1) is 0 Å². The molecule has 7 nitrogen and oxygen atoms in total. The highest BCUT2D eigenvalue weighted by Gasteiger charge is 2.36. The van der Waals surface area contributed by atoms with E-state index < -0.39 is 10.0 Å². The summed E-state index contributed by atoms with van der Waals surface area (Å²) < 4.78 is 29.9. The van der Waals surface area contributed by atoms with Crippen molar-refractivity contribution in [3.8, 4) is 0 Å². The largest absolute Gasteiger partial charge is 0.361 e. The number of aromatic nitrogens is 1. The molecule has 0 atom stereocenters. The average molecular weight is 299 g/mol. The molecule has 0 bridgehead atoms. The first-order valence-corrected chi connectivity index (χ1v) is 8.53. The number of sulfonamides is 1. The van der Waals surface area contributed by atoms with Crippen LogP contribution in [0.4, 0.5) is 0 Å². The van der Waals surface area contributed by atoms with Gasteiger partial charge in [-0.1, -0.05) is 5.16 Å². The molecule has 1 N–H and O–H groups in total. The van der Waals surface area contributed by atoms with Crippen LogP contribution in [0, 0.1) is 5.92 Å². The van der Waals surface area contributed by atoms with Crippen LogP contribution in [-0.4, -0.2) is 37.2 Å². The average Bonchev–Trinajstić information content (AvgIpc) is 3.15. The summed E-state index contributed by atoms with van der Waals surface area (Å²) in [4.78, 5) is 13.9. The number of amides is 1. The molecule has 1 saturated carbocycles. The number of carbonyl (C=O) groups is 1. The lowest BCUT2D eigenvalue weighted by atomic mass is 10.1. The van der Waals surface area contributed by atoms with E-state index in [1.54, 1.807) is 0 Å². The molecule has 1 amide bonds. The third kappa shape index (κ3) is 2.85. The third-order valence-corrected chi connectivity index (χ3v) is 4.32. The number of hydrogen-bond acceptors (Lipinski definition) is 5. The molecule has 0 unspecified atom stereocenters. The molecule has 0 aromatic carbocycles. The van der Waals surface area contributed by atoms with Gasteiger partial charge in [0, 0.05) is 24.4 Å². The molecule has 2 aliphatic rings. The smallest absolute Gasteiger partial charge is 0.225 e. The van der Waals surface area contributed by atoms with Crippen LogP contribution in [0.3, 0.4) is 0 Å². The molecule has 1 aliphatic heterocycles. The van der Waals surface area contributed by atoms with Crippen LogP contribution in [0.15, 0.2) is 4.52 Å². The molecule has 3 rings (SSSR count). The predicted octanol–water partition coefficient (Wildman–Crippen LogP) is 0.0185. The lowest BCUT2D eigenvalue weighted by Crippen LogP contribution is -2.37. The van der Waals surface area contributed by atoms with Gasteiger partial charge in [-0.3, -0.25) is 4.79 Å². The number of hydrogen-bond donors (Lipinski definition) is 1. The lowest BCUT2D eigenvalue weighted by molar-refractivity contribution is -0.133. The van der Waals surface area contributed by atoms with Crippen LogP contribution in [-0.2, 0) is 34.3 Å². The van der Waals surface area contributed by atoms with Crippen molar-refractivity contribution in [1.29, 1.82) is 0 Å². The first-order chi connectivity index (χ1) is 9.44. The van der Waals surface area contributed by atoms with Gasteiger partial charge in [0.05, 0.1) is 19.3 Å². The minimum Gasteiger partial charge on any atom is -0.361 e. The molecule has 2 heterocycles. The third-order valence-electron chi connectivity index (χ3n) is 3.65. The van der Waals surface area contributed by atoms with Crippen LogP contribution in [0.1, 0.15) is 29.9 Å². The summed E-state index contributed by atoms with van der Waals surface area (Å²) >= 11 is 0. The Hall–Kier alpha value is -1.41. The van der Waals surface area contributed by atoms with E-state index in [0.717, 1.165) is 30.4 Å². The molecule has 20 heavy (non-hydrogen) atoms. The summed E-state index contributed by atoms with van der Waals surface area (Å²) in [5, 5.41) is 3.92. The van der Waals surface area contributed by atoms with Gasteiger partial charge in [0.15, 0.2) is 0 Å². The molecular formula is C12H17N3O4S. The minimum atomic E-state index is -3.27. The number of rotatable bonds is 4. The zero-order chi connectivity index (χ0) is 14.3. The van der Waals surface area contributed by atoms with Gasteiger partial charge < -0.3 is 9.42 Å². The SMILES string of the molecule is CS(=O)(=O)NCc1noc2c1CN(C(=O)C1CC1)CC2. The summed E-state index contributed by atoms with van der Waals surface area (Å²) in [7, 11) is -3.27. The molecular weight excluding hydrogens is 282 g/mol. The predicted molar refractivity (Wildman–Crippen MR) is 70.0 cm³/mol. The van der Waals surface area contributed by atoms with Crippen molar-refractivity contribution in [1.82, 2.24) is 14.8 Å². The summed E-state index contributed by atoms with van der Waals surface area (Å²) in [5.74, 6) is 1.14. The van der Waals surface area contributed by atoms with Gasteiger partial charge in [-0.25, -0.2) is 13.1 Å². The topological polar surface area (TPSA) is 92.5 Å². The van der Waals surface area contributed by atoms with E-state index in [1.807, 2.05) is 4.90 Å². The summed E-state index contributed by atoms with van der Waals surface area (Å²) in [6.45, 7) is 1.22. The molecule has 0 saturated heterocycles. The Labute approximate surface area is 117 Å². The van der Waals surface area contributed by atoms with Gasteiger partial charge >= 0.3 is 0 Å². The fourth-order valence-electron chi connectivity index (χ4n) is 2.38. The second-order valence-corrected chi connectivity index (χ2v) is 7.24. The lowest BCUT2D eigenvalue weighted by Gasteiger charge is -2.26. The normalized spacial score (nSPS) is 18.9. The fraction of sp³-hybridized carbons (Fsp3) is 0.667. The molecule has 0 radical (unpaired) electrons. The second kappa shape index (κ2) is 4.85. The van der Waals surface area contributed by atoms with Crippen LogP contribution in [0.2, 0.25) is 0 Å². The van der Waals surface area contributed by atoms with Gasteiger partial charge in [-0.2, -0.15) is 0 Å². The second-order valence-electron chi connectivity index (χ2n) is 5.41. The van der Waals surface area contributed by atoms with Crippen molar-refractivity contribution in [2.45, 2.75) is 32.4 Å². The Morgan fingerprint density at radius 3 is 2.90 bits per heavy atom. The van der Waals surface area contributed by atoms with Crippen LogP contribution >= 0.6 is 0 Å². The highest BCUT2D eigenvalue weighted by Crippen LogP contribution is 2.33. The van der Waals surface area contributed by atoms with Crippen LogP contribution in [0.25, 0.3) is 0 Å². The highest BCUT2D eigenvalue weighted by molar-refractivity contribution is 7.88. The van der Waals surface area contributed by atoms with Crippen LogP contribution < -0.4 is 4.72 Å². The zero-order valence-electron chi connectivity index (χ0n) is 11.3. The van der Waals surface area contributed by atoms with E-state index in [1.165, 1.54) is 0 Å². The maximum absolute atomic E-state index is 12.1. The van der Waals surface area contributed by atoms with E-state index in [9.17, 15) is 13.2 Å².